The van der Waals surface area contributed by atoms with Crippen molar-refractivity contribution in [1.29, 1.82) is 0 Å². The second-order valence-corrected chi connectivity index (χ2v) is 12.5. The van der Waals surface area contributed by atoms with Gasteiger partial charge >= 0.3 is 0 Å². The first-order valence-corrected chi connectivity index (χ1v) is 12.9. The van der Waals surface area contributed by atoms with Gasteiger partial charge in [0.2, 0.25) is 0 Å². The Bertz CT molecular complexity index is 789. The quantitative estimate of drug-likeness (QED) is 0.513. The second-order valence-electron chi connectivity index (χ2n) is 12.5. The van der Waals surface area contributed by atoms with Crippen LogP contribution in [0.2, 0.25) is 0 Å². The Kier molecular flexibility index (Phi) is 6.23. The maximum absolute atomic E-state index is 13.8. The van der Waals surface area contributed by atoms with Crippen molar-refractivity contribution < 1.29 is 25.2 Å². The first kappa shape index (κ1) is 24.4. The molecule has 32 heavy (non-hydrogen) atoms. The van der Waals surface area contributed by atoms with Crippen molar-refractivity contribution in [2.45, 2.75) is 116 Å². The van der Waals surface area contributed by atoms with Gasteiger partial charge < -0.3 is 20.4 Å². The fourth-order valence-corrected chi connectivity index (χ4v) is 8.34. The zero-order chi connectivity index (χ0) is 23.6. The second kappa shape index (κ2) is 8.18. The van der Waals surface area contributed by atoms with Gasteiger partial charge in [0, 0.05) is 23.8 Å². The monoisotopic (exact) mass is 448 g/mol. The van der Waals surface area contributed by atoms with Crippen molar-refractivity contribution in [3.05, 3.63) is 11.1 Å². The topological polar surface area (TPSA) is 98.0 Å². The number of rotatable bonds is 5. The maximum Gasteiger partial charge on any atom is 0.160 e. The van der Waals surface area contributed by atoms with Gasteiger partial charge in [0.05, 0.1) is 6.10 Å². The smallest absolute Gasteiger partial charge is 0.160 e. The molecule has 0 aromatic rings. The first-order valence-electron chi connectivity index (χ1n) is 12.9. The van der Waals surface area contributed by atoms with Gasteiger partial charge in [0.25, 0.3) is 0 Å². The van der Waals surface area contributed by atoms with E-state index in [2.05, 4.69) is 27.7 Å². The number of fused-ring (bicyclic) bond motifs is 4. The third-order valence-corrected chi connectivity index (χ3v) is 10.2. The lowest BCUT2D eigenvalue weighted by Gasteiger charge is -2.60. The third kappa shape index (κ3) is 3.37. The average Bonchev–Trinajstić information content (AvgIpc) is 3.04. The highest BCUT2D eigenvalue weighted by atomic mass is 16.4. The third-order valence-electron chi connectivity index (χ3n) is 10.2. The highest BCUT2D eigenvalue weighted by Crippen LogP contribution is 2.66. The van der Waals surface area contributed by atoms with Gasteiger partial charge in [-0.15, -0.1) is 0 Å². The van der Waals surface area contributed by atoms with Crippen LogP contribution in [0.4, 0.5) is 0 Å². The lowest BCUT2D eigenvalue weighted by atomic mass is 9.47. The lowest BCUT2D eigenvalue weighted by molar-refractivity contribution is -0.215. The molecule has 5 nitrogen and oxygen atoms in total. The van der Waals surface area contributed by atoms with E-state index >= 15 is 0 Å². The first-order chi connectivity index (χ1) is 14.9. The molecular weight excluding hydrogens is 404 g/mol. The Morgan fingerprint density at radius 2 is 1.72 bits per heavy atom. The molecule has 5 heteroatoms. The van der Waals surface area contributed by atoms with Crippen LogP contribution in [0, 0.1) is 34.5 Å². The number of carbonyl (C=O) groups excluding carboxylic acids is 1. The van der Waals surface area contributed by atoms with E-state index in [1.807, 2.05) is 6.92 Å². The molecule has 0 radical (unpaired) electrons. The molecule has 1 unspecified atom stereocenters. The van der Waals surface area contributed by atoms with E-state index in [4.69, 9.17) is 0 Å². The van der Waals surface area contributed by atoms with Crippen LogP contribution in [0.1, 0.15) is 92.4 Å². The van der Waals surface area contributed by atoms with E-state index in [0.29, 0.717) is 48.2 Å². The standard InChI is InChI=1S/C27H44O5/c1-15(2)7-6-8-16(3)18-9-10-19-21-22(20(29)14-25(18,19)4)26(5)12-11-17(28)13-27(26,32)24(31)23(21)30/h15-19,23-24,28,30-32H,6-14H2,1-5H3/t16-,17+,18-,19?,23+,24-,25-,26-,27+/m1/s1. The summed E-state index contributed by atoms with van der Waals surface area (Å²) in [5, 5.41) is 44.2. The number of Topliss-reactive ketones (excluding diaryl/α,β-unsaturated/α-hetero) is 1. The van der Waals surface area contributed by atoms with Crippen LogP contribution in [0.3, 0.4) is 0 Å². The van der Waals surface area contributed by atoms with Gasteiger partial charge in [0.1, 0.15) is 17.8 Å². The zero-order valence-electron chi connectivity index (χ0n) is 20.6. The Morgan fingerprint density at radius 3 is 2.38 bits per heavy atom. The number of aliphatic hydroxyl groups is 4. The van der Waals surface area contributed by atoms with Gasteiger partial charge in [-0.1, -0.05) is 53.9 Å². The van der Waals surface area contributed by atoms with E-state index in [0.717, 1.165) is 19.3 Å². The molecule has 0 amide bonds. The van der Waals surface area contributed by atoms with Gasteiger partial charge in [0.15, 0.2) is 5.78 Å². The SMILES string of the molecule is CC(C)CCC[C@@H](C)[C@H]1CCC2C3=C(C(=O)C[C@@]21C)[C@@]1(C)CC[C@H](O)C[C@]1(O)[C@H](O)[C@H]3O. The summed E-state index contributed by atoms with van der Waals surface area (Å²) >= 11 is 0. The Labute approximate surface area is 193 Å². The largest absolute Gasteiger partial charge is 0.393 e. The molecular formula is C27H44O5. The molecule has 4 aliphatic carbocycles. The maximum atomic E-state index is 13.8. The van der Waals surface area contributed by atoms with Gasteiger partial charge in [-0.2, -0.15) is 0 Å². The fraction of sp³-hybridized carbons (Fsp3) is 0.889. The summed E-state index contributed by atoms with van der Waals surface area (Å²) in [6, 6.07) is 0. The Morgan fingerprint density at radius 1 is 1.03 bits per heavy atom. The van der Waals surface area contributed by atoms with Crippen molar-refractivity contribution in [2.24, 2.45) is 34.5 Å². The van der Waals surface area contributed by atoms with Crippen molar-refractivity contribution in [1.82, 2.24) is 0 Å². The molecule has 0 bridgehead atoms. The predicted octanol–water partition coefficient (Wildman–Crippen LogP) is 3.77. The number of aliphatic hydroxyl groups excluding tert-OH is 3. The van der Waals surface area contributed by atoms with Crippen LogP contribution in [0.25, 0.3) is 0 Å². The summed E-state index contributed by atoms with van der Waals surface area (Å²) in [6.07, 6.45) is 3.53. The average molecular weight is 449 g/mol. The molecule has 4 N–H and O–H groups in total. The van der Waals surface area contributed by atoms with Crippen molar-refractivity contribution >= 4 is 5.78 Å². The molecule has 4 rings (SSSR count). The highest BCUT2D eigenvalue weighted by Gasteiger charge is 2.67. The minimum absolute atomic E-state index is 0.0107. The molecule has 0 saturated heterocycles. The number of hydrogen-bond acceptors (Lipinski definition) is 5. The van der Waals surface area contributed by atoms with Gasteiger partial charge in [-0.05, 0) is 60.3 Å². The number of carbonyl (C=O) groups is 1. The van der Waals surface area contributed by atoms with E-state index in [1.165, 1.54) is 12.8 Å². The van der Waals surface area contributed by atoms with E-state index in [-0.39, 0.29) is 23.5 Å². The minimum atomic E-state index is -1.69. The lowest BCUT2D eigenvalue weighted by Crippen LogP contribution is -2.68. The van der Waals surface area contributed by atoms with Crippen LogP contribution >= 0.6 is 0 Å². The Balaban J connectivity index is 1.70. The van der Waals surface area contributed by atoms with Gasteiger partial charge in [-0.3, -0.25) is 4.79 Å². The molecule has 0 aromatic carbocycles. The Hall–Kier alpha value is -0.750. The highest BCUT2D eigenvalue weighted by molar-refractivity contribution is 6.00. The van der Waals surface area contributed by atoms with E-state index in [9.17, 15) is 25.2 Å². The summed E-state index contributed by atoms with van der Waals surface area (Å²) in [5.74, 6) is 1.73. The minimum Gasteiger partial charge on any atom is -0.393 e. The van der Waals surface area contributed by atoms with Crippen LogP contribution in [0.15, 0.2) is 11.1 Å². The molecule has 0 aromatic heterocycles. The summed E-state index contributed by atoms with van der Waals surface area (Å²) in [4.78, 5) is 13.8. The fourth-order valence-electron chi connectivity index (χ4n) is 8.34. The summed E-state index contributed by atoms with van der Waals surface area (Å²) in [5.41, 5.74) is -1.56. The number of hydrogen-bond donors (Lipinski definition) is 4. The molecule has 9 atom stereocenters. The van der Waals surface area contributed by atoms with Crippen LogP contribution in [0.5, 0.6) is 0 Å². The summed E-state index contributed by atoms with van der Waals surface area (Å²) < 4.78 is 0. The predicted molar refractivity (Wildman–Crippen MR) is 124 cm³/mol. The molecule has 0 aliphatic heterocycles. The molecule has 182 valence electrons. The summed E-state index contributed by atoms with van der Waals surface area (Å²) in [6.45, 7) is 10.9. The normalized spacial score (nSPS) is 47.3. The van der Waals surface area contributed by atoms with E-state index < -0.39 is 29.3 Å². The van der Waals surface area contributed by atoms with Crippen molar-refractivity contribution in [3.63, 3.8) is 0 Å². The zero-order valence-corrected chi connectivity index (χ0v) is 20.6. The van der Waals surface area contributed by atoms with E-state index in [1.54, 1.807) is 0 Å². The molecule has 2 saturated carbocycles. The molecule has 0 spiro atoms. The van der Waals surface area contributed by atoms with Gasteiger partial charge in [-0.25, -0.2) is 0 Å². The van der Waals surface area contributed by atoms with Crippen LogP contribution < -0.4 is 0 Å². The molecule has 0 heterocycles. The van der Waals surface area contributed by atoms with Crippen LogP contribution in [-0.4, -0.2) is 50.1 Å². The summed E-state index contributed by atoms with van der Waals surface area (Å²) in [7, 11) is 0. The van der Waals surface area contributed by atoms with Crippen molar-refractivity contribution in [3.8, 4) is 0 Å². The van der Waals surface area contributed by atoms with Crippen LogP contribution in [-0.2, 0) is 4.79 Å². The van der Waals surface area contributed by atoms with Crippen molar-refractivity contribution in [2.75, 3.05) is 0 Å². The number of ketones is 1. The molecule has 4 aliphatic rings. The molecule has 2 fully saturated rings.